The first-order valence-corrected chi connectivity index (χ1v) is 6.43. The Hall–Kier alpha value is -1.92. The maximum absolute atomic E-state index is 12.2. The summed E-state index contributed by atoms with van der Waals surface area (Å²) in [5.41, 5.74) is 0.391. The SMILES string of the molecule is CCc1c(C(=O)O)nnn1C(C)C(=O)N(CC)CC. The van der Waals surface area contributed by atoms with Crippen molar-refractivity contribution in [3.05, 3.63) is 11.4 Å². The van der Waals surface area contributed by atoms with E-state index in [1.165, 1.54) is 4.68 Å². The lowest BCUT2D eigenvalue weighted by atomic mass is 10.2. The number of carbonyl (C=O) groups excluding carboxylic acids is 1. The van der Waals surface area contributed by atoms with Crippen LogP contribution in [-0.4, -0.2) is 50.0 Å². The van der Waals surface area contributed by atoms with Crippen LogP contribution in [0.2, 0.25) is 0 Å². The molecule has 0 saturated heterocycles. The topological polar surface area (TPSA) is 88.3 Å². The number of aromatic carboxylic acids is 1. The standard InChI is InChI=1S/C12H20N4O3/c1-5-9-10(12(18)19)13-14-16(9)8(4)11(17)15(6-2)7-3/h8H,5-7H2,1-4H3,(H,18,19). The van der Waals surface area contributed by atoms with Gasteiger partial charge in [-0.2, -0.15) is 0 Å². The third kappa shape index (κ3) is 2.91. The van der Waals surface area contributed by atoms with Crippen LogP contribution < -0.4 is 0 Å². The van der Waals surface area contributed by atoms with Crippen molar-refractivity contribution in [1.29, 1.82) is 0 Å². The fraction of sp³-hybridized carbons (Fsp3) is 0.667. The Balaban J connectivity index is 3.09. The number of amides is 1. The first-order chi connectivity index (χ1) is 8.97. The maximum atomic E-state index is 12.2. The van der Waals surface area contributed by atoms with Gasteiger partial charge in [-0.15, -0.1) is 5.10 Å². The number of hydrogen-bond acceptors (Lipinski definition) is 4. The molecule has 7 nitrogen and oxygen atoms in total. The van der Waals surface area contributed by atoms with Crippen LogP contribution in [0.4, 0.5) is 0 Å². The van der Waals surface area contributed by atoms with E-state index in [0.717, 1.165) is 0 Å². The van der Waals surface area contributed by atoms with Gasteiger partial charge in [-0.05, 0) is 27.2 Å². The highest BCUT2D eigenvalue weighted by molar-refractivity contribution is 5.87. The number of carboxylic acids is 1. The highest BCUT2D eigenvalue weighted by Gasteiger charge is 2.26. The first-order valence-electron chi connectivity index (χ1n) is 6.43. The minimum Gasteiger partial charge on any atom is -0.476 e. The second-order valence-electron chi connectivity index (χ2n) is 4.17. The molecule has 0 bridgehead atoms. The molecule has 1 unspecified atom stereocenters. The van der Waals surface area contributed by atoms with E-state index >= 15 is 0 Å². The van der Waals surface area contributed by atoms with Gasteiger partial charge < -0.3 is 10.0 Å². The molecule has 1 heterocycles. The molecule has 1 aromatic heterocycles. The zero-order valence-corrected chi connectivity index (χ0v) is 11.8. The van der Waals surface area contributed by atoms with Crippen LogP contribution >= 0.6 is 0 Å². The van der Waals surface area contributed by atoms with E-state index in [1.807, 2.05) is 20.8 Å². The van der Waals surface area contributed by atoms with Crippen molar-refractivity contribution >= 4 is 11.9 Å². The summed E-state index contributed by atoms with van der Waals surface area (Å²) in [5, 5.41) is 16.5. The summed E-state index contributed by atoms with van der Waals surface area (Å²) in [7, 11) is 0. The average molecular weight is 268 g/mol. The van der Waals surface area contributed by atoms with Gasteiger partial charge in [0, 0.05) is 13.1 Å². The summed E-state index contributed by atoms with van der Waals surface area (Å²) in [5.74, 6) is -1.20. The lowest BCUT2D eigenvalue weighted by Gasteiger charge is -2.23. The van der Waals surface area contributed by atoms with Crippen molar-refractivity contribution < 1.29 is 14.7 Å². The summed E-state index contributed by atoms with van der Waals surface area (Å²) < 4.78 is 1.41. The number of likely N-dealkylation sites (N-methyl/N-ethyl adjacent to an activating group) is 1. The lowest BCUT2D eigenvalue weighted by Crippen LogP contribution is -2.36. The molecule has 0 aliphatic rings. The minimum atomic E-state index is -1.12. The molecule has 1 atom stereocenters. The van der Waals surface area contributed by atoms with Crippen LogP contribution in [0.1, 0.15) is 49.9 Å². The maximum Gasteiger partial charge on any atom is 0.358 e. The summed E-state index contributed by atoms with van der Waals surface area (Å²) in [6.07, 6.45) is 0.463. The fourth-order valence-corrected chi connectivity index (χ4v) is 2.02. The van der Waals surface area contributed by atoms with Crippen LogP contribution in [0.5, 0.6) is 0 Å². The number of carbonyl (C=O) groups is 2. The van der Waals surface area contributed by atoms with E-state index in [9.17, 15) is 9.59 Å². The summed E-state index contributed by atoms with van der Waals surface area (Å²) >= 11 is 0. The predicted molar refractivity (Wildman–Crippen MR) is 69.0 cm³/mol. The summed E-state index contributed by atoms with van der Waals surface area (Å²) in [4.78, 5) is 25.0. The molecule has 0 aromatic carbocycles. The minimum absolute atomic E-state index is 0.0818. The molecule has 1 amide bonds. The van der Waals surface area contributed by atoms with Crippen molar-refractivity contribution in [3.8, 4) is 0 Å². The van der Waals surface area contributed by atoms with E-state index in [2.05, 4.69) is 10.3 Å². The molecule has 0 aliphatic carbocycles. The van der Waals surface area contributed by atoms with Crippen molar-refractivity contribution in [2.75, 3.05) is 13.1 Å². The molecular formula is C12H20N4O3. The smallest absolute Gasteiger partial charge is 0.358 e. The van der Waals surface area contributed by atoms with Crippen molar-refractivity contribution in [2.24, 2.45) is 0 Å². The van der Waals surface area contributed by atoms with E-state index in [-0.39, 0.29) is 11.6 Å². The lowest BCUT2D eigenvalue weighted by molar-refractivity contribution is -0.134. The molecule has 1 aromatic rings. The molecule has 0 spiro atoms. The Labute approximate surface area is 112 Å². The second-order valence-corrected chi connectivity index (χ2v) is 4.17. The van der Waals surface area contributed by atoms with Crippen molar-refractivity contribution in [3.63, 3.8) is 0 Å². The normalized spacial score (nSPS) is 12.2. The monoisotopic (exact) mass is 268 g/mol. The number of nitrogens with zero attached hydrogens (tertiary/aromatic N) is 4. The van der Waals surface area contributed by atoms with Gasteiger partial charge in [0.25, 0.3) is 0 Å². The largest absolute Gasteiger partial charge is 0.476 e. The van der Waals surface area contributed by atoms with Crippen LogP contribution in [-0.2, 0) is 11.2 Å². The average Bonchev–Trinajstić information content (AvgIpc) is 2.82. The van der Waals surface area contributed by atoms with E-state index < -0.39 is 12.0 Å². The number of aromatic nitrogens is 3. The first kappa shape index (κ1) is 15.1. The zero-order chi connectivity index (χ0) is 14.6. The Bertz CT molecular complexity index is 466. The predicted octanol–water partition coefficient (Wildman–Crippen LogP) is 0.968. The summed E-state index contributed by atoms with van der Waals surface area (Å²) in [6, 6.07) is -0.546. The van der Waals surface area contributed by atoms with Crippen LogP contribution in [0.15, 0.2) is 0 Å². The Morgan fingerprint density at radius 2 is 1.89 bits per heavy atom. The van der Waals surface area contributed by atoms with E-state index in [1.54, 1.807) is 11.8 Å². The van der Waals surface area contributed by atoms with Gasteiger partial charge in [0.1, 0.15) is 6.04 Å². The van der Waals surface area contributed by atoms with Crippen molar-refractivity contribution in [2.45, 2.75) is 40.2 Å². The quantitative estimate of drug-likeness (QED) is 0.830. The molecule has 0 fully saturated rings. The Kier molecular flexibility index (Phi) is 5.02. The molecular weight excluding hydrogens is 248 g/mol. The van der Waals surface area contributed by atoms with Crippen LogP contribution in [0, 0.1) is 0 Å². The summed E-state index contributed by atoms with van der Waals surface area (Å²) in [6.45, 7) is 8.55. The molecule has 1 N–H and O–H groups in total. The van der Waals surface area contributed by atoms with Gasteiger partial charge in [0.2, 0.25) is 5.91 Å². The zero-order valence-electron chi connectivity index (χ0n) is 11.8. The molecule has 7 heteroatoms. The second kappa shape index (κ2) is 6.31. The highest BCUT2D eigenvalue weighted by Crippen LogP contribution is 2.15. The van der Waals surface area contributed by atoms with Gasteiger partial charge >= 0.3 is 5.97 Å². The van der Waals surface area contributed by atoms with E-state index in [0.29, 0.717) is 25.2 Å². The molecule has 0 saturated carbocycles. The van der Waals surface area contributed by atoms with Gasteiger partial charge in [0.05, 0.1) is 5.69 Å². The van der Waals surface area contributed by atoms with Gasteiger partial charge in [-0.1, -0.05) is 12.1 Å². The van der Waals surface area contributed by atoms with E-state index in [4.69, 9.17) is 5.11 Å². The van der Waals surface area contributed by atoms with Crippen LogP contribution in [0.25, 0.3) is 0 Å². The molecule has 106 valence electrons. The Morgan fingerprint density at radius 1 is 1.32 bits per heavy atom. The molecule has 0 aliphatic heterocycles. The van der Waals surface area contributed by atoms with Crippen LogP contribution in [0.3, 0.4) is 0 Å². The number of carboxylic acid groups (broad SMARTS) is 1. The van der Waals surface area contributed by atoms with Gasteiger partial charge in [0.15, 0.2) is 5.69 Å². The number of hydrogen-bond donors (Lipinski definition) is 1. The van der Waals surface area contributed by atoms with Crippen molar-refractivity contribution in [1.82, 2.24) is 19.9 Å². The van der Waals surface area contributed by atoms with Gasteiger partial charge in [-0.3, -0.25) is 4.79 Å². The Morgan fingerprint density at radius 3 is 2.32 bits per heavy atom. The number of rotatable bonds is 6. The third-order valence-electron chi connectivity index (χ3n) is 3.13. The molecule has 1 rings (SSSR count). The third-order valence-corrected chi connectivity index (χ3v) is 3.13. The molecule has 19 heavy (non-hydrogen) atoms. The van der Waals surface area contributed by atoms with Gasteiger partial charge in [-0.25, -0.2) is 9.48 Å². The molecule has 0 radical (unpaired) electrons. The highest BCUT2D eigenvalue weighted by atomic mass is 16.4. The fourth-order valence-electron chi connectivity index (χ4n) is 2.02.